The average Bonchev–Trinajstić information content (AvgIpc) is 3.58. The van der Waals surface area contributed by atoms with Crippen molar-refractivity contribution >= 4 is 39.2 Å². The Morgan fingerprint density at radius 1 is 1.05 bits per heavy atom. The number of likely N-dealkylation sites (tertiary alicyclic amines) is 1. The lowest BCUT2D eigenvalue weighted by atomic mass is 9.83. The van der Waals surface area contributed by atoms with Crippen LogP contribution in [-0.4, -0.2) is 76.0 Å². The van der Waals surface area contributed by atoms with Crippen molar-refractivity contribution < 1.29 is 9.18 Å². The summed E-state index contributed by atoms with van der Waals surface area (Å²) in [7, 11) is 0. The number of carbonyl (C=O) groups excluding carboxylic acids is 1. The number of fused-ring (bicyclic) bond motifs is 5. The fourth-order valence-electron chi connectivity index (χ4n) is 6.65. The third kappa shape index (κ3) is 4.60. The SMILES string of the molecule is O=C1CCCN1CCCNc1cc2[nH]c(=O)c(-c3nc4ccccc4[nH]3)c(N[C@H]3CN4CCC3CC4)c2cc1F. The Bertz CT molecular complexity index is 1610. The number of piperidine rings is 3. The van der Waals surface area contributed by atoms with Crippen LogP contribution in [0.1, 0.15) is 32.1 Å². The topological polar surface area (TPSA) is 109 Å². The molecule has 4 aromatic rings. The molecular formula is C30H34FN7O2. The standard InChI is InChI=1S/C30H34FN7O2/c31-20-15-19-23(16-24(20)32-10-4-12-38-11-3-7-26(38)39)36-30(40)27(29-34-21-5-1-2-6-22(21)35-29)28(19)33-25-17-37-13-8-18(25)9-14-37/h1-2,5-6,15-16,18,25,32H,3-4,7-14,17H2,(H,34,35)(H2,33,36,40)/t25-/m0/s1. The minimum atomic E-state index is -0.385. The second-order valence-corrected chi connectivity index (χ2v) is 11.3. The van der Waals surface area contributed by atoms with E-state index in [4.69, 9.17) is 4.98 Å². The highest BCUT2D eigenvalue weighted by Crippen LogP contribution is 2.37. The Kier molecular flexibility index (Phi) is 6.42. The first-order valence-electron chi connectivity index (χ1n) is 14.4. The molecule has 4 aliphatic rings. The summed E-state index contributed by atoms with van der Waals surface area (Å²) in [6, 6.07) is 11.0. The lowest BCUT2D eigenvalue weighted by molar-refractivity contribution is -0.127. The Labute approximate surface area is 231 Å². The minimum absolute atomic E-state index is 0.171. The van der Waals surface area contributed by atoms with Crippen LogP contribution in [0, 0.1) is 11.7 Å². The number of carbonyl (C=O) groups is 1. The first-order chi connectivity index (χ1) is 19.5. The van der Waals surface area contributed by atoms with Gasteiger partial charge in [0.1, 0.15) is 17.2 Å². The quantitative estimate of drug-likeness (QED) is 0.249. The van der Waals surface area contributed by atoms with Crippen LogP contribution in [0.4, 0.5) is 15.8 Å². The van der Waals surface area contributed by atoms with Gasteiger partial charge in [-0.25, -0.2) is 9.37 Å². The van der Waals surface area contributed by atoms with Crippen LogP contribution in [0.15, 0.2) is 41.2 Å². The number of halogens is 1. The predicted octanol–water partition coefficient (Wildman–Crippen LogP) is 4.14. The molecular weight excluding hydrogens is 509 g/mol. The summed E-state index contributed by atoms with van der Waals surface area (Å²) in [5.74, 6) is 0.783. The molecule has 4 saturated heterocycles. The third-order valence-electron chi connectivity index (χ3n) is 8.81. The minimum Gasteiger partial charge on any atom is -0.383 e. The molecule has 40 heavy (non-hydrogen) atoms. The number of para-hydroxylation sites is 2. The van der Waals surface area contributed by atoms with E-state index in [2.05, 4.69) is 25.5 Å². The molecule has 2 aromatic carbocycles. The molecule has 4 N–H and O–H groups in total. The number of nitrogens with one attached hydrogen (secondary N) is 4. The molecule has 208 valence electrons. The van der Waals surface area contributed by atoms with E-state index >= 15 is 4.39 Å². The molecule has 0 unspecified atom stereocenters. The van der Waals surface area contributed by atoms with Crippen molar-refractivity contribution in [3.8, 4) is 11.4 Å². The molecule has 0 aliphatic carbocycles. The van der Waals surface area contributed by atoms with E-state index in [0.717, 1.165) is 62.9 Å². The van der Waals surface area contributed by atoms with Gasteiger partial charge in [0.05, 0.1) is 27.9 Å². The molecule has 2 aromatic heterocycles. The number of aromatic nitrogens is 3. The number of nitrogens with zero attached hydrogens (tertiary/aromatic N) is 3. The zero-order chi connectivity index (χ0) is 27.2. The molecule has 8 rings (SSSR count). The van der Waals surface area contributed by atoms with Gasteiger partial charge in [-0.05, 0) is 69.0 Å². The van der Waals surface area contributed by atoms with Crippen LogP contribution >= 0.6 is 0 Å². The predicted molar refractivity (Wildman–Crippen MR) is 155 cm³/mol. The lowest BCUT2D eigenvalue weighted by Crippen LogP contribution is -2.53. The van der Waals surface area contributed by atoms with E-state index in [1.807, 2.05) is 29.2 Å². The number of hydrogen-bond acceptors (Lipinski definition) is 6. The summed E-state index contributed by atoms with van der Waals surface area (Å²) in [6.45, 7) is 5.09. The van der Waals surface area contributed by atoms with Crippen LogP contribution in [0.2, 0.25) is 0 Å². The van der Waals surface area contributed by atoms with E-state index in [9.17, 15) is 9.59 Å². The maximum Gasteiger partial charge on any atom is 0.261 e. The van der Waals surface area contributed by atoms with Crippen molar-refractivity contribution in [3.05, 3.63) is 52.6 Å². The van der Waals surface area contributed by atoms with Gasteiger partial charge in [0, 0.05) is 44.0 Å². The second kappa shape index (κ2) is 10.2. The molecule has 1 atom stereocenters. The third-order valence-corrected chi connectivity index (χ3v) is 8.81. The summed E-state index contributed by atoms with van der Waals surface area (Å²) in [5, 5.41) is 7.49. The zero-order valence-electron chi connectivity index (χ0n) is 22.4. The van der Waals surface area contributed by atoms with Gasteiger partial charge in [-0.1, -0.05) is 12.1 Å². The van der Waals surface area contributed by atoms with E-state index < -0.39 is 0 Å². The highest BCUT2D eigenvalue weighted by Gasteiger charge is 2.35. The Morgan fingerprint density at radius 3 is 2.65 bits per heavy atom. The maximum absolute atomic E-state index is 15.5. The highest BCUT2D eigenvalue weighted by molar-refractivity contribution is 6.00. The van der Waals surface area contributed by atoms with Crippen LogP contribution in [0.25, 0.3) is 33.3 Å². The van der Waals surface area contributed by atoms with Crippen LogP contribution in [0.5, 0.6) is 0 Å². The van der Waals surface area contributed by atoms with E-state index in [1.54, 1.807) is 6.07 Å². The summed E-state index contributed by atoms with van der Waals surface area (Å²) < 4.78 is 15.5. The summed E-state index contributed by atoms with van der Waals surface area (Å²) in [6.07, 6.45) is 4.47. The van der Waals surface area contributed by atoms with Crippen LogP contribution < -0.4 is 16.2 Å². The Morgan fingerprint density at radius 2 is 1.90 bits per heavy atom. The summed E-state index contributed by atoms with van der Waals surface area (Å²) >= 11 is 0. The van der Waals surface area contributed by atoms with Crippen molar-refractivity contribution in [2.75, 3.05) is 49.9 Å². The van der Waals surface area contributed by atoms with Gasteiger partial charge in [0.2, 0.25) is 5.91 Å². The maximum atomic E-state index is 15.5. The number of pyridine rings is 1. The molecule has 4 fully saturated rings. The summed E-state index contributed by atoms with van der Waals surface area (Å²) in [4.78, 5) is 40.8. The molecule has 9 nitrogen and oxygen atoms in total. The first-order valence-corrected chi connectivity index (χ1v) is 14.4. The molecule has 0 radical (unpaired) electrons. The lowest BCUT2D eigenvalue weighted by Gasteiger charge is -2.45. The van der Waals surface area contributed by atoms with Gasteiger partial charge in [-0.3, -0.25) is 9.59 Å². The molecule has 10 heteroatoms. The molecule has 6 heterocycles. The number of benzene rings is 2. The Balaban J connectivity index is 1.24. The average molecular weight is 544 g/mol. The van der Waals surface area contributed by atoms with Gasteiger partial charge in [-0.15, -0.1) is 0 Å². The number of hydrogen-bond donors (Lipinski definition) is 4. The number of anilines is 2. The van der Waals surface area contributed by atoms with Crippen molar-refractivity contribution in [2.24, 2.45) is 5.92 Å². The van der Waals surface area contributed by atoms with Crippen molar-refractivity contribution in [1.82, 2.24) is 24.8 Å². The van der Waals surface area contributed by atoms with E-state index in [1.165, 1.54) is 6.07 Å². The zero-order valence-corrected chi connectivity index (χ0v) is 22.4. The monoisotopic (exact) mass is 543 g/mol. The van der Waals surface area contributed by atoms with E-state index in [-0.39, 0.29) is 23.3 Å². The number of rotatable bonds is 8. The normalized spacial score (nSPS) is 22.5. The van der Waals surface area contributed by atoms with Crippen molar-refractivity contribution in [1.29, 1.82) is 0 Å². The molecule has 0 saturated carbocycles. The van der Waals surface area contributed by atoms with Crippen LogP contribution in [-0.2, 0) is 4.79 Å². The fourth-order valence-corrected chi connectivity index (χ4v) is 6.65. The van der Waals surface area contributed by atoms with Gasteiger partial charge in [-0.2, -0.15) is 0 Å². The Hall–Kier alpha value is -3.92. The van der Waals surface area contributed by atoms with Gasteiger partial charge >= 0.3 is 0 Å². The number of aromatic amines is 2. The van der Waals surface area contributed by atoms with Gasteiger partial charge < -0.3 is 30.4 Å². The molecule has 4 aliphatic heterocycles. The van der Waals surface area contributed by atoms with Gasteiger partial charge in [0.25, 0.3) is 5.56 Å². The molecule has 0 spiro atoms. The van der Waals surface area contributed by atoms with Gasteiger partial charge in [0.15, 0.2) is 0 Å². The van der Waals surface area contributed by atoms with E-state index in [0.29, 0.717) is 59.1 Å². The number of amides is 1. The molecule has 2 bridgehead atoms. The van der Waals surface area contributed by atoms with Crippen molar-refractivity contribution in [3.63, 3.8) is 0 Å². The fraction of sp³-hybridized carbons (Fsp3) is 0.433. The smallest absolute Gasteiger partial charge is 0.261 e. The second-order valence-electron chi connectivity index (χ2n) is 11.3. The summed E-state index contributed by atoms with van der Waals surface area (Å²) in [5.41, 5.74) is 3.25. The molecule has 1 amide bonds. The highest BCUT2D eigenvalue weighted by atomic mass is 19.1. The first kappa shape index (κ1) is 25.1. The van der Waals surface area contributed by atoms with Crippen molar-refractivity contribution in [2.45, 2.75) is 38.1 Å². The number of imidazole rings is 1. The number of H-pyrrole nitrogens is 2. The van der Waals surface area contributed by atoms with Crippen LogP contribution in [0.3, 0.4) is 0 Å². The largest absolute Gasteiger partial charge is 0.383 e.